The molecule has 0 heterocycles. The van der Waals surface area contributed by atoms with E-state index < -0.39 is 0 Å². The maximum Gasteiger partial charge on any atom is 0.145 e. The van der Waals surface area contributed by atoms with Crippen LogP contribution in [0.15, 0.2) is 36.4 Å². The van der Waals surface area contributed by atoms with Gasteiger partial charge < -0.3 is 15.2 Å². The molecule has 0 saturated carbocycles. The standard InChI is InChI=1S/C15H16FNO2/c1-3-18-15-9-12(5-7-14(15)17)19-11-4-6-13(16)10(2)8-11/h4-9H,3,17H2,1-2H3. The second-order valence-corrected chi connectivity index (χ2v) is 4.15. The second-order valence-electron chi connectivity index (χ2n) is 4.15. The van der Waals surface area contributed by atoms with Crippen molar-refractivity contribution < 1.29 is 13.9 Å². The van der Waals surface area contributed by atoms with Gasteiger partial charge in [0, 0.05) is 6.07 Å². The van der Waals surface area contributed by atoms with Crippen molar-refractivity contribution in [3.05, 3.63) is 47.8 Å². The quantitative estimate of drug-likeness (QED) is 0.849. The summed E-state index contributed by atoms with van der Waals surface area (Å²) in [5.74, 6) is 1.51. The van der Waals surface area contributed by atoms with Gasteiger partial charge in [0.05, 0.1) is 12.3 Å². The number of hydrogen-bond donors (Lipinski definition) is 1. The largest absolute Gasteiger partial charge is 0.492 e. The molecule has 2 N–H and O–H groups in total. The third-order valence-electron chi connectivity index (χ3n) is 2.65. The van der Waals surface area contributed by atoms with Crippen LogP contribution in [0.2, 0.25) is 0 Å². The lowest BCUT2D eigenvalue weighted by atomic mass is 10.2. The molecule has 19 heavy (non-hydrogen) atoms. The van der Waals surface area contributed by atoms with Crippen molar-refractivity contribution in [2.75, 3.05) is 12.3 Å². The van der Waals surface area contributed by atoms with E-state index in [-0.39, 0.29) is 5.82 Å². The van der Waals surface area contributed by atoms with Gasteiger partial charge >= 0.3 is 0 Å². The summed E-state index contributed by atoms with van der Waals surface area (Å²) in [7, 11) is 0. The zero-order chi connectivity index (χ0) is 13.8. The number of hydrogen-bond acceptors (Lipinski definition) is 3. The van der Waals surface area contributed by atoms with Gasteiger partial charge in [-0.05, 0) is 49.7 Å². The lowest BCUT2D eigenvalue weighted by Gasteiger charge is -2.11. The number of rotatable bonds is 4. The van der Waals surface area contributed by atoms with Gasteiger partial charge in [-0.1, -0.05) is 0 Å². The monoisotopic (exact) mass is 261 g/mol. The third-order valence-corrected chi connectivity index (χ3v) is 2.65. The number of benzene rings is 2. The smallest absolute Gasteiger partial charge is 0.145 e. The van der Waals surface area contributed by atoms with Crippen LogP contribution in [0.5, 0.6) is 17.2 Å². The van der Waals surface area contributed by atoms with E-state index >= 15 is 0 Å². The van der Waals surface area contributed by atoms with E-state index in [1.807, 2.05) is 6.92 Å². The summed E-state index contributed by atoms with van der Waals surface area (Å²) in [4.78, 5) is 0. The summed E-state index contributed by atoms with van der Waals surface area (Å²) < 4.78 is 24.2. The van der Waals surface area contributed by atoms with Crippen LogP contribution in [0.4, 0.5) is 10.1 Å². The van der Waals surface area contributed by atoms with Crippen molar-refractivity contribution in [2.45, 2.75) is 13.8 Å². The molecule has 100 valence electrons. The first-order valence-corrected chi connectivity index (χ1v) is 6.06. The summed E-state index contributed by atoms with van der Waals surface area (Å²) in [6.07, 6.45) is 0. The molecule has 0 radical (unpaired) electrons. The Morgan fingerprint density at radius 1 is 1.11 bits per heavy atom. The number of nitrogens with two attached hydrogens (primary N) is 1. The van der Waals surface area contributed by atoms with Gasteiger partial charge in [0.2, 0.25) is 0 Å². The SMILES string of the molecule is CCOc1cc(Oc2ccc(F)c(C)c2)ccc1N. The van der Waals surface area contributed by atoms with Gasteiger partial charge in [-0.2, -0.15) is 0 Å². The minimum atomic E-state index is -0.250. The molecular formula is C15H16FNO2. The zero-order valence-corrected chi connectivity index (χ0v) is 10.9. The van der Waals surface area contributed by atoms with Gasteiger partial charge in [-0.25, -0.2) is 4.39 Å². The van der Waals surface area contributed by atoms with Gasteiger partial charge in [0.1, 0.15) is 23.1 Å². The molecule has 2 rings (SSSR count). The normalized spacial score (nSPS) is 10.3. The Morgan fingerprint density at radius 2 is 1.79 bits per heavy atom. The van der Waals surface area contributed by atoms with Gasteiger partial charge in [0.15, 0.2) is 0 Å². The number of aryl methyl sites for hydroxylation is 1. The topological polar surface area (TPSA) is 44.5 Å². The van der Waals surface area contributed by atoms with Crippen molar-refractivity contribution in [1.29, 1.82) is 0 Å². The fraction of sp³-hybridized carbons (Fsp3) is 0.200. The first kappa shape index (κ1) is 13.2. The fourth-order valence-electron chi connectivity index (χ4n) is 1.68. The summed E-state index contributed by atoms with van der Waals surface area (Å²) >= 11 is 0. The Kier molecular flexibility index (Phi) is 3.90. The number of anilines is 1. The van der Waals surface area contributed by atoms with E-state index in [1.54, 1.807) is 37.3 Å². The van der Waals surface area contributed by atoms with Crippen molar-refractivity contribution in [3.8, 4) is 17.2 Å². The van der Waals surface area contributed by atoms with Gasteiger partial charge in [-0.15, -0.1) is 0 Å². The molecule has 4 heteroatoms. The summed E-state index contributed by atoms with van der Waals surface area (Å²) in [5.41, 5.74) is 6.88. The van der Waals surface area contributed by atoms with E-state index in [4.69, 9.17) is 15.2 Å². The molecule has 2 aromatic carbocycles. The highest BCUT2D eigenvalue weighted by Crippen LogP contribution is 2.30. The molecule has 0 saturated heterocycles. The van der Waals surface area contributed by atoms with Crippen LogP contribution in [0.1, 0.15) is 12.5 Å². The highest BCUT2D eigenvalue weighted by molar-refractivity contribution is 5.56. The van der Waals surface area contributed by atoms with E-state index in [9.17, 15) is 4.39 Å². The molecule has 0 fully saturated rings. The average Bonchev–Trinajstić information content (AvgIpc) is 2.38. The molecule has 0 atom stereocenters. The Balaban J connectivity index is 2.22. The van der Waals surface area contributed by atoms with E-state index in [0.29, 0.717) is 35.1 Å². The fourth-order valence-corrected chi connectivity index (χ4v) is 1.68. The van der Waals surface area contributed by atoms with Crippen molar-refractivity contribution in [1.82, 2.24) is 0 Å². The van der Waals surface area contributed by atoms with Crippen LogP contribution >= 0.6 is 0 Å². The maximum absolute atomic E-state index is 13.2. The molecule has 0 amide bonds. The second kappa shape index (κ2) is 5.61. The van der Waals surface area contributed by atoms with Crippen LogP contribution in [0, 0.1) is 12.7 Å². The molecule has 0 aliphatic heterocycles. The van der Waals surface area contributed by atoms with Crippen molar-refractivity contribution >= 4 is 5.69 Å². The first-order valence-electron chi connectivity index (χ1n) is 6.06. The molecule has 0 spiro atoms. The van der Waals surface area contributed by atoms with Crippen LogP contribution in [0.25, 0.3) is 0 Å². The lowest BCUT2D eigenvalue weighted by molar-refractivity contribution is 0.340. The number of halogens is 1. The summed E-state index contributed by atoms with van der Waals surface area (Å²) in [6, 6.07) is 9.79. The summed E-state index contributed by atoms with van der Waals surface area (Å²) in [6.45, 7) is 4.11. The highest BCUT2D eigenvalue weighted by Gasteiger charge is 2.05. The predicted molar refractivity (Wildman–Crippen MR) is 73.2 cm³/mol. The maximum atomic E-state index is 13.2. The van der Waals surface area contributed by atoms with Crippen LogP contribution in [0.3, 0.4) is 0 Å². The Bertz CT molecular complexity index is 584. The van der Waals surface area contributed by atoms with Gasteiger partial charge in [-0.3, -0.25) is 0 Å². The number of ether oxygens (including phenoxy) is 2. The summed E-state index contributed by atoms with van der Waals surface area (Å²) in [5, 5.41) is 0. The Hall–Kier alpha value is -2.23. The van der Waals surface area contributed by atoms with E-state index in [2.05, 4.69) is 0 Å². The Morgan fingerprint density at radius 3 is 2.47 bits per heavy atom. The van der Waals surface area contributed by atoms with E-state index in [0.717, 1.165) is 0 Å². The first-order chi connectivity index (χ1) is 9.10. The van der Waals surface area contributed by atoms with Crippen molar-refractivity contribution in [3.63, 3.8) is 0 Å². The number of nitrogen functional groups attached to an aromatic ring is 1. The van der Waals surface area contributed by atoms with Crippen LogP contribution < -0.4 is 15.2 Å². The van der Waals surface area contributed by atoms with E-state index in [1.165, 1.54) is 6.07 Å². The third kappa shape index (κ3) is 3.16. The minimum absolute atomic E-state index is 0.250. The molecular weight excluding hydrogens is 245 g/mol. The Labute approximate surface area is 111 Å². The average molecular weight is 261 g/mol. The molecule has 0 bridgehead atoms. The molecule has 0 unspecified atom stereocenters. The predicted octanol–water partition coefficient (Wildman–Crippen LogP) is 3.91. The van der Waals surface area contributed by atoms with Gasteiger partial charge in [0.25, 0.3) is 0 Å². The molecule has 0 aromatic heterocycles. The zero-order valence-electron chi connectivity index (χ0n) is 10.9. The molecule has 3 nitrogen and oxygen atoms in total. The lowest BCUT2D eigenvalue weighted by Crippen LogP contribution is -1.97. The van der Waals surface area contributed by atoms with Crippen LogP contribution in [-0.2, 0) is 0 Å². The van der Waals surface area contributed by atoms with Crippen LogP contribution in [-0.4, -0.2) is 6.61 Å². The molecule has 0 aliphatic carbocycles. The highest BCUT2D eigenvalue weighted by atomic mass is 19.1. The minimum Gasteiger partial charge on any atom is -0.492 e. The van der Waals surface area contributed by atoms with Crippen molar-refractivity contribution in [2.24, 2.45) is 0 Å². The molecule has 0 aliphatic rings. The molecule has 2 aromatic rings.